The van der Waals surface area contributed by atoms with E-state index in [0.29, 0.717) is 25.4 Å². The van der Waals surface area contributed by atoms with Crippen molar-refractivity contribution in [1.82, 2.24) is 4.90 Å². The van der Waals surface area contributed by atoms with Gasteiger partial charge in [-0.15, -0.1) is 0 Å². The van der Waals surface area contributed by atoms with Gasteiger partial charge < -0.3 is 15.1 Å². The lowest BCUT2D eigenvalue weighted by Gasteiger charge is -2.31. The fraction of sp³-hybridized carbons (Fsp3) is 0.706. The van der Waals surface area contributed by atoms with Crippen LogP contribution in [0.3, 0.4) is 0 Å². The molecule has 0 fully saturated rings. The highest BCUT2D eigenvalue weighted by Gasteiger charge is 2.25. The number of carbonyl (C=O) groups excluding carboxylic acids is 1. The minimum absolute atomic E-state index is 0.182. The number of carbonyl (C=O) groups is 1. The van der Waals surface area contributed by atoms with Crippen molar-refractivity contribution in [2.24, 2.45) is 17.1 Å². The third-order valence-electron chi connectivity index (χ3n) is 4.25. The van der Waals surface area contributed by atoms with E-state index >= 15 is 0 Å². The molecule has 4 heteroatoms. The number of amides is 1. The molecule has 4 nitrogen and oxygen atoms in total. The molecule has 1 heterocycles. The van der Waals surface area contributed by atoms with E-state index in [1.807, 2.05) is 20.0 Å². The van der Waals surface area contributed by atoms with E-state index in [2.05, 4.69) is 20.8 Å². The maximum atomic E-state index is 12.3. The summed E-state index contributed by atoms with van der Waals surface area (Å²) in [5, 5.41) is 0. The fourth-order valence-electron chi connectivity index (χ4n) is 2.62. The fourth-order valence-corrected chi connectivity index (χ4v) is 2.62. The van der Waals surface area contributed by atoms with E-state index in [9.17, 15) is 4.79 Å². The molecule has 1 atom stereocenters. The molecule has 0 bridgehead atoms. The molecule has 0 aromatic carbocycles. The number of aryl methyl sites for hydroxylation is 1. The molecule has 1 aromatic heterocycles. The number of nitrogens with two attached hydrogens (primary N) is 1. The van der Waals surface area contributed by atoms with Crippen molar-refractivity contribution in [3.05, 3.63) is 23.7 Å². The summed E-state index contributed by atoms with van der Waals surface area (Å²) in [4.78, 5) is 14.1. The standard InChI is InChI=1S/C17H30N2O2/c1-13-14(9-11-21-13)12-19(5)16(20)7-6-15(8-10-18)17(2,3)4/h9,11,15H,6-8,10,12,18H2,1-5H3. The van der Waals surface area contributed by atoms with Gasteiger partial charge in [0.15, 0.2) is 0 Å². The van der Waals surface area contributed by atoms with Crippen LogP contribution < -0.4 is 5.73 Å². The molecule has 0 aliphatic carbocycles. The van der Waals surface area contributed by atoms with Crippen LogP contribution in [0.25, 0.3) is 0 Å². The van der Waals surface area contributed by atoms with Gasteiger partial charge in [0.1, 0.15) is 5.76 Å². The van der Waals surface area contributed by atoms with Crippen LogP contribution in [0.4, 0.5) is 0 Å². The van der Waals surface area contributed by atoms with Crippen LogP contribution in [0, 0.1) is 18.3 Å². The Balaban J connectivity index is 2.50. The van der Waals surface area contributed by atoms with Gasteiger partial charge in [-0.25, -0.2) is 0 Å². The summed E-state index contributed by atoms with van der Waals surface area (Å²) in [5.74, 6) is 1.54. The molecule has 120 valence electrons. The van der Waals surface area contributed by atoms with Gasteiger partial charge >= 0.3 is 0 Å². The first-order chi connectivity index (χ1) is 9.75. The third kappa shape index (κ3) is 5.54. The van der Waals surface area contributed by atoms with Gasteiger partial charge in [0.05, 0.1) is 6.26 Å². The van der Waals surface area contributed by atoms with Crippen molar-refractivity contribution in [3.63, 3.8) is 0 Å². The van der Waals surface area contributed by atoms with E-state index < -0.39 is 0 Å². The molecule has 0 spiro atoms. The van der Waals surface area contributed by atoms with Gasteiger partial charge in [-0.1, -0.05) is 20.8 Å². The molecular formula is C17H30N2O2. The molecule has 0 aliphatic rings. The van der Waals surface area contributed by atoms with Crippen LogP contribution in [0.5, 0.6) is 0 Å². The zero-order chi connectivity index (χ0) is 16.0. The topological polar surface area (TPSA) is 59.5 Å². The summed E-state index contributed by atoms with van der Waals surface area (Å²) in [6.45, 7) is 9.87. The molecule has 1 rings (SSSR count). The number of furan rings is 1. The summed E-state index contributed by atoms with van der Waals surface area (Å²) in [7, 11) is 1.85. The van der Waals surface area contributed by atoms with Crippen molar-refractivity contribution < 1.29 is 9.21 Å². The second-order valence-electron chi connectivity index (χ2n) is 6.93. The number of nitrogens with zero attached hydrogens (tertiary/aromatic N) is 1. The van der Waals surface area contributed by atoms with Crippen LogP contribution >= 0.6 is 0 Å². The Kier molecular flexibility index (Phi) is 6.46. The zero-order valence-corrected chi connectivity index (χ0v) is 14.1. The Morgan fingerprint density at radius 1 is 1.38 bits per heavy atom. The molecule has 0 radical (unpaired) electrons. The first-order valence-electron chi connectivity index (χ1n) is 7.72. The molecule has 1 unspecified atom stereocenters. The number of hydrogen-bond acceptors (Lipinski definition) is 3. The highest BCUT2D eigenvalue weighted by Crippen LogP contribution is 2.32. The summed E-state index contributed by atoms with van der Waals surface area (Å²) in [5.41, 5.74) is 6.96. The van der Waals surface area contributed by atoms with Crippen molar-refractivity contribution in [2.45, 2.75) is 53.5 Å². The van der Waals surface area contributed by atoms with Crippen molar-refractivity contribution in [2.75, 3.05) is 13.6 Å². The predicted octanol–water partition coefficient (Wildman–Crippen LogP) is 3.34. The second kappa shape index (κ2) is 7.64. The Hall–Kier alpha value is -1.29. The lowest BCUT2D eigenvalue weighted by atomic mass is 9.76. The van der Waals surface area contributed by atoms with Crippen molar-refractivity contribution in [1.29, 1.82) is 0 Å². The second-order valence-corrected chi connectivity index (χ2v) is 6.93. The molecule has 0 saturated carbocycles. The molecule has 21 heavy (non-hydrogen) atoms. The predicted molar refractivity (Wildman–Crippen MR) is 85.8 cm³/mol. The Morgan fingerprint density at radius 2 is 2.05 bits per heavy atom. The molecule has 0 aliphatic heterocycles. The van der Waals surface area contributed by atoms with E-state index in [1.165, 1.54) is 0 Å². The lowest BCUT2D eigenvalue weighted by Crippen LogP contribution is -2.29. The number of rotatable bonds is 7. The monoisotopic (exact) mass is 294 g/mol. The summed E-state index contributed by atoms with van der Waals surface area (Å²) in [6.07, 6.45) is 4.12. The van der Waals surface area contributed by atoms with Crippen LogP contribution in [0.2, 0.25) is 0 Å². The van der Waals surface area contributed by atoms with Crippen LogP contribution in [-0.4, -0.2) is 24.4 Å². The van der Waals surface area contributed by atoms with E-state index in [4.69, 9.17) is 10.2 Å². The lowest BCUT2D eigenvalue weighted by molar-refractivity contribution is -0.130. The van der Waals surface area contributed by atoms with Gasteiger partial charge in [0.2, 0.25) is 5.91 Å². The van der Waals surface area contributed by atoms with Gasteiger partial charge in [0.25, 0.3) is 0 Å². The average Bonchev–Trinajstić information content (AvgIpc) is 2.78. The van der Waals surface area contributed by atoms with Gasteiger partial charge in [-0.3, -0.25) is 4.79 Å². The minimum atomic E-state index is 0.182. The largest absolute Gasteiger partial charge is 0.469 e. The SMILES string of the molecule is Cc1occc1CN(C)C(=O)CCC(CCN)C(C)(C)C. The Morgan fingerprint density at radius 3 is 2.52 bits per heavy atom. The summed E-state index contributed by atoms with van der Waals surface area (Å²) >= 11 is 0. The highest BCUT2D eigenvalue weighted by atomic mass is 16.3. The zero-order valence-electron chi connectivity index (χ0n) is 14.1. The summed E-state index contributed by atoms with van der Waals surface area (Å²) in [6, 6.07) is 1.92. The first-order valence-corrected chi connectivity index (χ1v) is 7.72. The normalized spacial score (nSPS) is 13.2. The molecule has 1 aromatic rings. The molecule has 2 N–H and O–H groups in total. The van der Waals surface area contributed by atoms with Crippen molar-refractivity contribution >= 4 is 5.91 Å². The smallest absolute Gasteiger partial charge is 0.222 e. The molecule has 1 amide bonds. The molecular weight excluding hydrogens is 264 g/mol. The van der Waals surface area contributed by atoms with Crippen molar-refractivity contribution in [3.8, 4) is 0 Å². The van der Waals surface area contributed by atoms with Gasteiger partial charge in [-0.2, -0.15) is 0 Å². The van der Waals surface area contributed by atoms with Crippen LogP contribution in [-0.2, 0) is 11.3 Å². The van der Waals surface area contributed by atoms with E-state index in [-0.39, 0.29) is 11.3 Å². The average molecular weight is 294 g/mol. The minimum Gasteiger partial charge on any atom is -0.469 e. The Labute approximate surface area is 128 Å². The third-order valence-corrected chi connectivity index (χ3v) is 4.25. The Bertz CT molecular complexity index is 446. The van der Waals surface area contributed by atoms with Gasteiger partial charge in [0, 0.05) is 25.6 Å². The van der Waals surface area contributed by atoms with E-state index in [0.717, 1.165) is 24.2 Å². The quantitative estimate of drug-likeness (QED) is 0.839. The van der Waals surface area contributed by atoms with Gasteiger partial charge in [-0.05, 0) is 43.7 Å². The van der Waals surface area contributed by atoms with Crippen LogP contribution in [0.1, 0.15) is 51.4 Å². The van der Waals surface area contributed by atoms with E-state index in [1.54, 1.807) is 11.2 Å². The van der Waals surface area contributed by atoms with Crippen LogP contribution in [0.15, 0.2) is 16.7 Å². The molecule has 0 saturated heterocycles. The number of hydrogen-bond donors (Lipinski definition) is 1. The highest BCUT2D eigenvalue weighted by molar-refractivity contribution is 5.75. The first kappa shape index (κ1) is 17.8. The summed E-state index contributed by atoms with van der Waals surface area (Å²) < 4.78 is 5.27. The maximum Gasteiger partial charge on any atom is 0.222 e. The maximum absolute atomic E-state index is 12.3.